The zero-order valence-electron chi connectivity index (χ0n) is 14.4. The monoisotopic (exact) mass is 359 g/mol. The van der Waals surface area contributed by atoms with E-state index in [4.69, 9.17) is 9.47 Å². The van der Waals surface area contributed by atoms with E-state index >= 15 is 0 Å². The van der Waals surface area contributed by atoms with Crippen molar-refractivity contribution in [3.8, 4) is 11.5 Å². The average Bonchev–Trinajstić information content (AvgIpc) is 3.23. The third-order valence-electron chi connectivity index (χ3n) is 5.01. The third kappa shape index (κ3) is 2.86. The van der Waals surface area contributed by atoms with Gasteiger partial charge in [0.1, 0.15) is 0 Å². The van der Waals surface area contributed by atoms with Gasteiger partial charge in [-0.15, -0.1) is 0 Å². The first-order chi connectivity index (χ1) is 12.6. The summed E-state index contributed by atoms with van der Waals surface area (Å²) in [6.07, 6.45) is 2.00. The summed E-state index contributed by atoms with van der Waals surface area (Å²) in [5.74, 6) is 0.183. The lowest BCUT2D eigenvalue weighted by atomic mass is 9.96. The Kier molecular flexibility index (Phi) is 4.20. The summed E-state index contributed by atoms with van der Waals surface area (Å²) in [5, 5.41) is 15.3. The molecule has 0 saturated carbocycles. The Morgan fingerprint density at radius 2 is 2.23 bits per heavy atom. The van der Waals surface area contributed by atoms with E-state index in [1.54, 1.807) is 17.0 Å². The molecule has 0 bridgehead atoms. The van der Waals surface area contributed by atoms with E-state index in [1.807, 2.05) is 0 Å². The predicted molar refractivity (Wildman–Crippen MR) is 91.6 cm³/mol. The molecule has 0 aromatic heterocycles. The van der Waals surface area contributed by atoms with Gasteiger partial charge in [0.15, 0.2) is 11.5 Å². The van der Waals surface area contributed by atoms with Crippen LogP contribution in [-0.4, -0.2) is 54.9 Å². The second kappa shape index (κ2) is 6.53. The van der Waals surface area contributed by atoms with Crippen molar-refractivity contribution >= 4 is 11.9 Å². The largest absolute Gasteiger partial charge is 0.504 e. The minimum atomic E-state index is -0.588. The van der Waals surface area contributed by atoms with Gasteiger partial charge in [-0.3, -0.25) is 4.79 Å². The van der Waals surface area contributed by atoms with Gasteiger partial charge in [-0.05, 0) is 30.5 Å². The van der Waals surface area contributed by atoms with Gasteiger partial charge in [0.25, 0.3) is 5.91 Å². The van der Waals surface area contributed by atoms with Crippen LogP contribution in [0, 0.1) is 0 Å². The normalized spacial score (nSPS) is 25.2. The number of aromatic hydroxyl groups is 1. The molecule has 4 rings (SSSR count). The highest BCUT2D eigenvalue weighted by atomic mass is 16.5. The molecule has 3 aliphatic rings. The first kappa shape index (κ1) is 16.7. The number of phenolic OH excluding ortho intramolecular Hbond substituents is 1. The number of benzene rings is 1. The number of carbonyl (C=O) groups is 2. The zero-order chi connectivity index (χ0) is 18.3. The lowest BCUT2D eigenvalue weighted by Gasteiger charge is -2.26. The molecule has 0 spiro atoms. The second-order valence-corrected chi connectivity index (χ2v) is 6.68. The van der Waals surface area contributed by atoms with Crippen LogP contribution in [0.25, 0.3) is 0 Å². The topological polar surface area (TPSA) is 100 Å². The van der Waals surface area contributed by atoms with E-state index in [0.29, 0.717) is 35.7 Å². The highest BCUT2D eigenvalue weighted by Gasteiger charge is 2.41. The summed E-state index contributed by atoms with van der Waals surface area (Å²) in [7, 11) is 1.45. The fraction of sp³-hybridized carbons (Fsp3) is 0.444. The number of nitrogens with one attached hydrogen (secondary N) is 2. The van der Waals surface area contributed by atoms with Gasteiger partial charge in [-0.1, -0.05) is 6.07 Å². The second-order valence-electron chi connectivity index (χ2n) is 6.68. The highest BCUT2D eigenvalue weighted by Crippen LogP contribution is 2.36. The summed E-state index contributed by atoms with van der Waals surface area (Å²) in [6.45, 7) is 1.62. The van der Waals surface area contributed by atoms with Gasteiger partial charge in [0.2, 0.25) is 0 Å². The van der Waals surface area contributed by atoms with Gasteiger partial charge in [0, 0.05) is 13.2 Å². The molecule has 0 aliphatic carbocycles. The molecule has 1 saturated heterocycles. The first-order valence-corrected chi connectivity index (χ1v) is 8.65. The molecule has 0 radical (unpaired) electrons. The first-order valence-electron chi connectivity index (χ1n) is 8.65. The van der Waals surface area contributed by atoms with Crippen LogP contribution in [0.2, 0.25) is 0 Å². The summed E-state index contributed by atoms with van der Waals surface area (Å²) in [6, 6.07) is 3.86. The molecule has 3 aliphatic heterocycles. The number of methoxy groups -OCH3 is 1. The Morgan fingerprint density at radius 1 is 1.38 bits per heavy atom. The van der Waals surface area contributed by atoms with E-state index in [2.05, 4.69) is 10.6 Å². The molecule has 8 heteroatoms. The molecule has 1 aromatic rings. The van der Waals surface area contributed by atoms with Gasteiger partial charge in [0.05, 0.1) is 37.1 Å². The van der Waals surface area contributed by atoms with Crippen LogP contribution >= 0.6 is 0 Å². The van der Waals surface area contributed by atoms with Gasteiger partial charge < -0.3 is 30.1 Å². The van der Waals surface area contributed by atoms with Crippen molar-refractivity contribution in [2.75, 3.05) is 26.8 Å². The SMILES string of the molecule is COc1cc([C@H]2NC(=O)NC3=C2C(=O)N(C[C@H]2CCCO2)C3)ccc1O. The Hall–Kier alpha value is -2.74. The maximum atomic E-state index is 13.0. The average molecular weight is 359 g/mol. The van der Waals surface area contributed by atoms with Crippen molar-refractivity contribution in [3.05, 3.63) is 35.0 Å². The third-order valence-corrected chi connectivity index (χ3v) is 5.01. The molecule has 3 N–H and O–H groups in total. The maximum Gasteiger partial charge on any atom is 0.319 e. The van der Waals surface area contributed by atoms with E-state index in [1.165, 1.54) is 13.2 Å². The lowest BCUT2D eigenvalue weighted by Crippen LogP contribution is -2.44. The van der Waals surface area contributed by atoms with Crippen LogP contribution in [-0.2, 0) is 9.53 Å². The van der Waals surface area contributed by atoms with Crippen molar-refractivity contribution in [2.45, 2.75) is 25.0 Å². The Labute approximate surface area is 150 Å². The predicted octanol–water partition coefficient (Wildman–Crippen LogP) is 1.03. The standard InChI is InChI=1S/C18H21N3O5/c1-25-14-7-10(4-5-13(14)22)16-15-12(19-18(24)20-16)9-21(17(15)23)8-11-3-2-6-26-11/h4-5,7,11,16,22H,2-3,6,8-9H2,1H3,(H2,19,20,24)/t11-,16-/m1/s1. The van der Waals surface area contributed by atoms with Crippen LogP contribution < -0.4 is 15.4 Å². The molecule has 26 heavy (non-hydrogen) atoms. The quantitative estimate of drug-likeness (QED) is 0.746. The molecular formula is C18H21N3O5. The molecule has 3 heterocycles. The molecular weight excluding hydrogens is 338 g/mol. The van der Waals surface area contributed by atoms with E-state index in [-0.39, 0.29) is 23.8 Å². The van der Waals surface area contributed by atoms with Crippen LogP contribution in [0.5, 0.6) is 11.5 Å². The van der Waals surface area contributed by atoms with Crippen LogP contribution in [0.4, 0.5) is 4.79 Å². The Balaban J connectivity index is 1.62. The number of amides is 3. The Morgan fingerprint density at radius 3 is 2.96 bits per heavy atom. The fourth-order valence-corrected chi connectivity index (χ4v) is 3.73. The molecule has 3 amide bonds. The summed E-state index contributed by atoms with van der Waals surface area (Å²) < 4.78 is 10.8. The maximum absolute atomic E-state index is 13.0. The van der Waals surface area contributed by atoms with Gasteiger partial charge in [-0.2, -0.15) is 0 Å². The van der Waals surface area contributed by atoms with Crippen molar-refractivity contribution < 1.29 is 24.2 Å². The molecule has 1 fully saturated rings. The molecule has 138 valence electrons. The minimum Gasteiger partial charge on any atom is -0.504 e. The highest BCUT2D eigenvalue weighted by molar-refractivity contribution is 6.01. The molecule has 0 unspecified atom stereocenters. The number of urea groups is 1. The smallest absolute Gasteiger partial charge is 0.319 e. The van der Waals surface area contributed by atoms with Crippen molar-refractivity contribution in [1.82, 2.24) is 15.5 Å². The zero-order valence-corrected chi connectivity index (χ0v) is 14.4. The molecule has 1 aromatic carbocycles. The van der Waals surface area contributed by atoms with Crippen LogP contribution in [0.15, 0.2) is 29.5 Å². The van der Waals surface area contributed by atoms with Crippen molar-refractivity contribution in [2.24, 2.45) is 0 Å². The van der Waals surface area contributed by atoms with Crippen molar-refractivity contribution in [3.63, 3.8) is 0 Å². The summed E-state index contributed by atoms with van der Waals surface area (Å²) in [5.41, 5.74) is 1.82. The van der Waals surface area contributed by atoms with Gasteiger partial charge in [-0.25, -0.2) is 4.79 Å². The fourth-order valence-electron chi connectivity index (χ4n) is 3.73. The Bertz CT molecular complexity index is 785. The number of nitrogens with zero attached hydrogens (tertiary/aromatic N) is 1. The number of ether oxygens (including phenoxy) is 2. The van der Waals surface area contributed by atoms with Crippen LogP contribution in [0.3, 0.4) is 0 Å². The number of hydrogen-bond acceptors (Lipinski definition) is 5. The number of hydrogen-bond donors (Lipinski definition) is 3. The molecule has 2 atom stereocenters. The number of rotatable bonds is 4. The summed E-state index contributed by atoms with van der Waals surface area (Å²) >= 11 is 0. The summed E-state index contributed by atoms with van der Waals surface area (Å²) in [4.78, 5) is 26.8. The lowest BCUT2D eigenvalue weighted by molar-refractivity contribution is -0.127. The minimum absolute atomic E-state index is 0.00321. The van der Waals surface area contributed by atoms with Gasteiger partial charge >= 0.3 is 6.03 Å². The number of carbonyl (C=O) groups excluding carboxylic acids is 2. The number of phenols is 1. The van der Waals surface area contributed by atoms with Crippen LogP contribution in [0.1, 0.15) is 24.4 Å². The van der Waals surface area contributed by atoms with E-state index in [0.717, 1.165) is 19.4 Å². The van der Waals surface area contributed by atoms with E-state index < -0.39 is 6.04 Å². The van der Waals surface area contributed by atoms with E-state index in [9.17, 15) is 14.7 Å². The molecule has 8 nitrogen and oxygen atoms in total. The van der Waals surface area contributed by atoms with Crippen molar-refractivity contribution in [1.29, 1.82) is 0 Å².